The van der Waals surface area contributed by atoms with Crippen molar-refractivity contribution in [3.63, 3.8) is 0 Å². The molecule has 0 N–H and O–H groups in total. The highest BCUT2D eigenvalue weighted by molar-refractivity contribution is 6.32. The van der Waals surface area contributed by atoms with Gasteiger partial charge in [0, 0.05) is 43.3 Å². The maximum absolute atomic E-state index is 13.0. The zero-order valence-electron chi connectivity index (χ0n) is 19.1. The van der Waals surface area contributed by atoms with E-state index in [1.165, 1.54) is 0 Å². The number of benzene rings is 2. The minimum atomic E-state index is -0.107. The van der Waals surface area contributed by atoms with E-state index in [1.54, 1.807) is 18.3 Å². The van der Waals surface area contributed by atoms with E-state index in [4.69, 9.17) is 16.6 Å². The monoisotopic (exact) mass is 483 g/mol. The molecule has 1 aliphatic rings. The second-order valence-corrected chi connectivity index (χ2v) is 8.91. The van der Waals surface area contributed by atoms with Crippen LogP contribution in [0, 0.1) is 6.92 Å². The first-order valence-electron chi connectivity index (χ1n) is 11.5. The number of para-hydroxylation sites is 1. The van der Waals surface area contributed by atoms with Crippen molar-refractivity contribution >= 4 is 40.0 Å². The summed E-state index contributed by atoms with van der Waals surface area (Å²) >= 11 is 6.16. The zero-order chi connectivity index (χ0) is 23.9. The molecule has 0 radical (unpaired) electrons. The van der Waals surface area contributed by atoms with Crippen molar-refractivity contribution in [1.82, 2.24) is 29.5 Å². The van der Waals surface area contributed by atoms with Gasteiger partial charge in [-0.05, 0) is 36.8 Å². The van der Waals surface area contributed by atoms with Gasteiger partial charge in [0.15, 0.2) is 11.5 Å². The second kappa shape index (κ2) is 8.63. The molecule has 1 aliphatic heterocycles. The van der Waals surface area contributed by atoms with E-state index >= 15 is 0 Å². The van der Waals surface area contributed by atoms with Crippen LogP contribution in [0.15, 0.2) is 66.9 Å². The highest BCUT2D eigenvalue weighted by atomic mass is 35.5. The summed E-state index contributed by atoms with van der Waals surface area (Å²) in [5, 5.41) is 10.3. The number of amides is 1. The maximum atomic E-state index is 13.0. The van der Waals surface area contributed by atoms with Crippen LogP contribution in [-0.4, -0.2) is 61.6 Å². The number of fused-ring (bicyclic) bond motifs is 3. The van der Waals surface area contributed by atoms with Gasteiger partial charge in [-0.3, -0.25) is 4.79 Å². The summed E-state index contributed by atoms with van der Waals surface area (Å²) in [4.78, 5) is 26.1. The number of aryl methyl sites for hydroxylation is 1. The molecule has 2 aromatic carbocycles. The highest BCUT2D eigenvalue weighted by Crippen LogP contribution is 2.30. The van der Waals surface area contributed by atoms with Gasteiger partial charge in [0.1, 0.15) is 5.15 Å². The van der Waals surface area contributed by atoms with Crippen LogP contribution in [0.5, 0.6) is 0 Å². The van der Waals surface area contributed by atoms with Gasteiger partial charge in [-0.15, -0.1) is 10.2 Å². The molecule has 35 heavy (non-hydrogen) atoms. The lowest BCUT2D eigenvalue weighted by atomic mass is 10.1. The van der Waals surface area contributed by atoms with Crippen LogP contribution in [0.1, 0.15) is 15.9 Å². The van der Waals surface area contributed by atoms with E-state index in [-0.39, 0.29) is 11.1 Å². The Morgan fingerprint density at radius 2 is 1.69 bits per heavy atom. The van der Waals surface area contributed by atoms with Crippen LogP contribution in [0.3, 0.4) is 0 Å². The Morgan fingerprint density at radius 3 is 2.49 bits per heavy atom. The molecule has 5 aromatic rings. The lowest BCUT2D eigenvalue weighted by molar-refractivity contribution is 0.0746. The standard InChI is InChI=1S/C26H22ClN7O/c1-17-7-2-3-8-18(17)23-30-31-24-19-9-4-5-11-21(19)29-26(34(23)24)33-15-13-32(14-16-33)25(35)20-10-6-12-28-22(20)27/h2-12H,13-16H2,1H3. The van der Waals surface area contributed by atoms with Crippen LogP contribution in [0.25, 0.3) is 27.9 Å². The fourth-order valence-corrected chi connectivity index (χ4v) is 4.80. The number of rotatable bonds is 3. The van der Waals surface area contributed by atoms with Gasteiger partial charge in [0.25, 0.3) is 5.91 Å². The van der Waals surface area contributed by atoms with Crippen LogP contribution in [0.2, 0.25) is 5.15 Å². The molecule has 1 amide bonds. The molecule has 1 fully saturated rings. The van der Waals surface area contributed by atoms with Crippen molar-refractivity contribution in [1.29, 1.82) is 0 Å². The van der Waals surface area contributed by atoms with Gasteiger partial charge < -0.3 is 9.80 Å². The average molecular weight is 484 g/mol. The van der Waals surface area contributed by atoms with Crippen molar-refractivity contribution in [3.05, 3.63) is 83.1 Å². The molecule has 0 bridgehead atoms. The fraction of sp³-hybridized carbons (Fsp3) is 0.192. The smallest absolute Gasteiger partial charge is 0.257 e. The Labute approximate surface area is 206 Å². The first-order valence-corrected chi connectivity index (χ1v) is 11.8. The number of halogens is 1. The van der Waals surface area contributed by atoms with Crippen molar-refractivity contribution in [2.75, 3.05) is 31.1 Å². The van der Waals surface area contributed by atoms with Crippen LogP contribution in [0.4, 0.5) is 5.95 Å². The van der Waals surface area contributed by atoms with Crippen molar-refractivity contribution in [3.8, 4) is 11.4 Å². The summed E-state index contributed by atoms with van der Waals surface area (Å²) in [5.41, 5.74) is 4.18. The van der Waals surface area contributed by atoms with E-state index in [0.29, 0.717) is 31.7 Å². The molecule has 0 unspecified atom stereocenters. The Bertz CT molecular complexity index is 1570. The topological polar surface area (TPSA) is 79.5 Å². The van der Waals surface area contributed by atoms with E-state index in [2.05, 4.69) is 39.1 Å². The number of piperazine rings is 1. The zero-order valence-corrected chi connectivity index (χ0v) is 19.9. The first kappa shape index (κ1) is 21.5. The van der Waals surface area contributed by atoms with Gasteiger partial charge in [-0.1, -0.05) is 48.0 Å². The highest BCUT2D eigenvalue weighted by Gasteiger charge is 2.27. The molecular weight excluding hydrogens is 462 g/mol. The third kappa shape index (κ3) is 3.66. The first-order chi connectivity index (χ1) is 17.1. The number of carbonyl (C=O) groups excluding carboxylic acids is 1. The maximum Gasteiger partial charge on any atom is 0.257 e. The number of hydrogen-bond acceptors (Lipinski definition) is 6. The number of carbonyl (C=O) groups is 1. The third-order valence-electron chi connectivity index (χ3n) is 6.45. The number of pyridine rings is 1. The third-order valence-corrected chi connectivity index (χ3v) is 6.75. The summed E-state index contributed by atoms with van der Waals surface area (Å²) < 4.78 is 2.04. The molecule has 9 heteroatoms. The fourth-order valence-electron chi connectivity index (χ4n) is 4.60. The summed E-state index contributed by atoms with van der Waals surface area (Å²) in [6.45, 7) is 4.40. The molecule has 1 saturated heterocycles. The lowest BCUT2D eigenvalue weighted by Gasteiger charge is -2.35. The average Bonchev–Trinajstić information content (AvgIpc) is 3.34. The summed E-state index contributed by atoms with van der Waals surface area (Å²) in [6.07, 6.45) is 1.58. The molecular formula is C26H22ClN7O. The predicted octanol–water partition coefficient (Wildman–Crippen LogP) is 4.26. The minimum Gasteiger partial charge on any atom is -0.338 e. The van der Waals surface area contributed by atoms with Crippen molar-refractivity contribution in [2.24, 2.45) is 0 Å². The molecule has 4 heterocycles. The number of aromatic nitrogens is 5. The van der Waals surface area contributed by atoms with Crippen LogP contribution in [-0.2, 0) is 0 Å². The van der Waals surface area contributed by atoms with Gasteiger partial charge in [-0.25, -0.2) is 14.4 Å². The molecule has 174 valence electrons. The quantitative estimate of drug-likeness (QED) is 0.357. The second-order valence-electron chi connectivity index (χ2n) is 8.55. The van der Waals surface area contributed by atoms with Crippen LogP contribution >= 0.6 is 11.6 Å². The van der Waals surface area contributed by atoms with E-state index in [1.807, 2.05) is 45.7 Å². The molecule has 0 spiro atoms. The number of nitrogens with zero attached hydrogens (tertiary/aromatic N) is 7. The minimum absolute atomic E-state index is 0.107. The summed E-state index contributed by atoms with van der Waals surface area (Å²) in [6, 6.07) is 19.6. The van der Waals surface area contributed by atoms with Crippen molar-refractivity contribution < 1.29 is 4.79 Å². The largest absolute Gasteiger partial charge is 0.338 e. The number of hydrogen-bond donors (Lipinski definition) is 0. The SMILES string of the molecule is Cc1ccccc1-c1nnc2c3ccccc3nc(N3CCN(C(=O)c4cccnc4Cl)CC3)n12. The van der Waals surface area contributed by atoms with Gasteiger partial charge >= 0.3 is 0 Å². The Morgan fingerprint density at radius 1 is 0.914 bits per heavy atom. The molecule has 0 atom stereocenters. The predicted molar refractivity (Wildman–Crippen MR) is 136 cm³/mol. The van der Waals surface area contributed by atoms with Crippen molar-refractivity contribution in [2.45, 2.75) is 6.92 Å². The molecule has 0 aliphatic carbocycles. The Balaban J connectivity index is 1.40. The number of anilines is 1. The van der Waals surface area contributed by atoms with Gasteiger partial charge in [-0.2, -0.15) is 0 Å². The lowest BCUT2D eigenvalue weighted by Crippen LogP contribution is -2.49. The molecule has 3 aromatic heterocycles. The Kier molecular flexibility index (Phi) is 5.30. The molecule has 6 rings (SSSR count). The van der Waals surface area contributed by atoms with E-state index < -0.39 is 0 Å². The normalized spacial score (nSPS) is 14.1. The summed E-state index contributed by atoms with van der Waals surface area (Å²) in [5.74, 6) is 1.42. The Hall–Kier alpha value is -4.04. The van der Waals surface area contributed by atoms with Gasteiger partial charge in [0.05, 0.1) is 11.1 Å². The van der Waals surface area contributed by atoms with Crippen LogP contribution < -0.4 is 4.90 Å². The van der Waals surface area contributed by atoms with E-state index in [0.717, 1.165) is 39.4 Å². The molecule has 8 nitrogen and oxygen atoms in total. The van der Waals surface area contributed by atoms with Gasteiger partial charge in [0.2, 0.25) is 5.95 Å². The molecule has 0 saturated carbocycles. The van der Waals surface area contributed by atoms with E-state index in [9.17, 15) is 4.79 Å². The summed E-state index contributed by atoms with van der Waals surface area (Å²) in [7, 11) is 0.